The van der Waals surface area contributed by atoms with Crippen molar-refractivity contribution in [3.8, 4) is 0 Å². The molecule has 3 N–H and O–H groups in total. The molecule has 4 heteroatoms. The third-order valence-corrected chi connectivity index (χ3v) is 2.82. The molecule has 0 aliphatic carbocycles. The van der Waals surface area contributed by atoms with E-state index in [9.17, 15) is 5.11 Å². The van der Waals surface area contributed by atoms with Crippen LogP contribution in [0.1, 0.15) is 32.1 Å². The van der Waals surface area contributed by atoms with Crippen LogP contribution in [0.15, 0.2) is 18.6 Å². The van der Waals surface area contributed by atoms with Crippen LogP contribution >= 0.6 is 0 Å². The average molecular weight is 195 g/mol. The zero-order chi connectivity index (χ0) is 10.6. The number of aliphatic hydroxyl groups is 1. The predicted octanol–water partition coefficient (Wildman–Crippen LogP) is 0.885. The molecule has 0 aliphatic rings. The minimum absolute atomic E-state index is 0.311. The van der Waals surface area contributed by atoms with Crippen LogP contribution in [0.2, 0.25) is 0 Å². The smallest absolute Gasteiger partial charge is 0.115 e. The van der Waals surface area contributed by atoms with Gasteiger partial charge in [0.1, 0.15) is 12.4 Å². The highest BCUT2D eigenvalue weighted by Gasteiger charge is 2.31. The molecule has 0 spiro atoms. The van der Waals surface area contributed by atoms with E-state index in [2.05, 4.69) is 9.97 Å². The molecule has 0 saturated carbocycles. The Morgan fingerprint density at radius 2 is 2.36 bits per heavy atom. The van der Waals surface area contributed by atoms with E-state index in [0.717, 1.165) is 6.42 Å². The van der Waals surface area contributed by atoms with Gasteiger partial charge in [-0.05, 0) is 12.5 Å². The molecule has 2 unspecified atom stereocenters. The lowest BCUT2D eigenvalue weighted by molar-refractivity contribution is 0.0356. The van der Waals surface area contributed by atoms with E-state index in [0.29, 0.717) is 12.2 Å². The highest BCUT2D eigenvalue weighted by molar-refractivity contribution is 5.06. The summed E-state index contributed by atoms with van der Waals surface area (Å²) in [5.41, 5.74) is 5.98. The van der Waals surface area contributed by atoms with Crippen molar-refractivity contribution in [1.82, 2.24) is 9.97 Å². The minimum atomic E-state index is -0.625. The lowest BCUT2D eigenvalue weighted by Crippen LogP contribution is -2.33. The number of aliphatic hydroxyl groups excluding tert-OH is 1. The molecule has 0 fully saturated rings. The molecule has 0 radical (unpaired) electrons. The highest BCUT2D eigenvalue weighted by Crippen LogP contribution is 2.34. The predicted molar refractivity (Wildman–Crippen MR) is 54.4 cm³/mol. The summed E-state index contributed by atoms with van der Waals surface area (Å²) in [6.45, 7) is 4.41. The van der Waals surface area contributed by atoms with Gasteiger partial charge >= 0.3 is 0 Å². The second-order valence-corrected chi connectivity index (χ2v) is 3.75. The SMILES string of the molecule is CCC(C)(CN)C(O)c1ccncn1. The van der Waals surface area contributed by atoms with Crippen molar-refractivity contribution in [1.29, 1.82) is 0 Å². The van der Waals surface area contributed by atoms with Gasteiger partial charge in [0, 0.05) is 18.2 Å². The first-order valence-corrected chi connectivity index (χ1v) is 4.78. The van der Waals surface area contributed by atoms with Crippen molar-refractivity contribution < 1.29 is 5.11 Å². The summed E-state index contributed by atoms with van der Waals surface area (Å²) in [5, 5.41) is 10.1. The maximum Gasteiger partial charge on any atom is 0.115 e. The summed E-state index contributed by atoms with van der Waals surface area (Å²) in [7, 11) is 0. The summed E-state index contributed by atoms with van der Waals surface area (Å²) in [5.74, 6) is 0. The molecule has 4 nitrogen and oxygen atoms in total. The van der Waals surface area contributed by atoms with Crippen molar-refractivity contribution in [3.05, 3.63) is 24.3 Å². The molecule has 0 saturated heterocycles. The van der Waals surface area contributed by atoms with E-state index >= 15 is 0 Å². The molecule has 0 amide bonds. The lowest BCUT2D eigenvalue weighted by Gasteiger charge is -2.31. The number of hydrogen-bond acceptors (Lipinski definition) is 4. The Morgan fingerprint density at radius 3 is 2.79 bits per heavy atom. The first-order valence-electron chi connectivity index (χ1n) is 4.78. The standard InChI is InChI=1S/C10H17N3O/c1-3-10(2,6-11)9(14)8-4-5-12-7-13-8/h4-5,7,9,14H,3,6,11H2,1-2H3. The Hall–Kier alpha value is -1.00. The van der Waals surface area contributed by atoms with Gasteiger partial charge in [-0.15, -0.1) is 0 Å². The van der Waals surface area contributed by atoms with Gasteiger partial charge in [0.25, 0.3) is 0 Å². The minimum Gasteiger partial charge on any atom is -0.386 e. The average Bonchev–Trinajstić information content (AvgIpc) is 2.28. The zero-order valence-electron chi connectivity index (χ0n) is 8.64. The zero-order valence-corrected chi connectivity index (χ0v) is 8.64. The molecule has 1 aromatic heterocycles. The topological polar surface area (TPSA) is 72.0 Å². The molecule has 0 aliphatic heterocycles. The number of nitrogens with two attached hydrogens (primary N) is 1. The quantitative estimate of drug-likeness (QED) is 0.748. The maximum atomic E-state index is 10.1. The highest BCUT2D eigenvalue weighted by atomic mass is 16.3. The summed E-state index contributed by atoms with van der Waals surface area (Å²) in [4.78, 5) is 7.83. The lowest BCUT2D eigenvalue weighted by atomic mass is 9.80. The van der Waals surface area contributed by atoms with Gasteiger partial charge in [0.2, 0.25) is 0 Å². The molecular formula is C10H17N3O. The normalized spacial score (nSPS) is 17.4. The number of nitrogens with zero attached hydrogens (tertiary/aromatic N) is 2. The number of rotatable bonds is 4. The van der Waals surface area contributed by atoms with Gasteiger partial charge < -0.3 is 10.8 Å². The van der Waals surface area contributed by atoms with Gasteiger partial charge in [-0.3, -0.25) is 0 Å². The summed E-state index contributed by atoms with van der Waals surface area (Å²) >= 11 is 0. The Labute approximate surface area is 84.2 Å². The van der Waals surface area contributed by atoms with Crippen LogP contribution in [0.25, 0.3) is 0 Å². The van der Waals surface area contributed by atoms with Crippen LogP contribution in [-0.4, -0.2) is 21.6 Å². The summed E-state index contributed by atoms with van der Waals surface area (Å²) in [6, 6.07) is 1.72. The van der Waals surface area contributed by atoms with E-state index in [1.807, 2.05) is 13.8 Å². The molecule has 1 heterocycles. The fraction of sp³-hybridized carbons (Fsp3) is 0.600. The van der Waals surface area contributed by atoms with Crippen LogP contribution in [0.5, 0.6) is 0 Å². The molecule has 1 rings (SSSR count). The fourth-order valence-electron chi connectivity index (χ4n) is 1.27. The maximum absolute atomic E-state index is 10.1. The number of aromatic nitrogens is 2. The molecule has 2 atom stereocenters. The van der Waals surface area contributed by atoms with Crippen molar-refractivity contribution >= 4 is 0 Å². The first-order chi connectivity index (χ1) is 6.64. The van der Waals surface area contributed by atoms with E-state index in [-0.39, 0.29) is 5.41 Å². The van der Waals surface area contributed by atoms with Gasteiger partial charge in [-0.1, -0.05) is 13.8 Å². The van der Waals surface area contributed by atoms with Crippen LogP contribution in [0.4, 0.5) is 0 Å². The third kappa shape index (κ3) is 2.08. The molecule has 0 aromatic carbocycles. The fourth-order valence-corrected chi connectivity index (χ4v) is 1.27. The summed E-state index contributed by atoms with van der Waals surface area (Å²) in [6.07, 6.45) is 3.25. The van der Waals surface area contributed by atoms with E-state index in [1.165, 1.54) is 6.33 Å². The van der Waals surface area contributed by atoms with E-state index in [4.69, 9.17) is 5.73 Å². The van der Waals surface area contributed by atoms with Crippen LogP contribution in [0, 0.1) is 5.41 Å². The van der Waals surface area contributed by atoms with E-state index < -0.39 is 6.10 Å². The van der Waals surface area contributed by atoms with Crippen LogP contribution < -0.4 is 5.73 Å². The van der Waals surface area contributed by atoms with Crippen molar-refractivity contribution in [2.24, 2.45) is 11.1 Å². The van der Waals surface area contributed by atoms with Crippen LogP contribution in [-0.2, 0) is 0 Å². The molecule has 78 valence electrons. The molecular weight excluding hydrogens is 178 g/mol. The molecule has 14 heavy (non-hydrogen) atoms. The second-order valence-electron chi connectivity index (χ2n) is 3.75. The Balaban J connectivity index is 2.89. The monoisotopic (exact) mass is 195 g/mol. The van der Waals surface area contributed by atoms with Crippen molar-refractivity contribution in [3.63, 3.8) is 0 Å². The van der Waals surface area contributed by atoms with Crippen LogP contribution in [0.3, 0.4) is 0 Å². The third-order valence-electron chi connectivity index (χ3n) is 2.82. The number of hydrogen-bond donors (Lipinski definition) is 2. The van der Waals surface area contributed by atoms with Gasteiger partial charge in [-0.2, -0.15) is 0 Å². The molecule has 0 bridgehead atoms. The molecule has 1 aromatic rings. The van der Waals surface area contributed by atoms with Crippen molar-refractivity contribution in [2.75, 3.05) is 6.54 Å². The van der Waals surface area contributed by atoms with Gasteiger partial charge in [-0.25, -0.2) is 9.97 Å². The summed E-state index contributed by atoms with van der Waals surface area (Å²) < 4.78 is 0. The largest absolute Gasteiger partial charge is 0.386 e. The van der Waals surface area contributed by atoms with Gasteiger partial charge in [0.15, 0.2) is 0 Å². The second kappa shape index (κ2) is 4.48. The Morgan fingerprint density at radius 1 is 1.64 bits per heavy atom. The Kier molecular flexibility index (Phi) is 3.55. The first kappa shape index (κ1) is 11.1. The van der Waals surface area contributed by atoms with Crippen molar-refractivity contribution in [2.45, 2.75) is 26.4 Å². The van der Waals surface area contributed by atoms with Gasteiger partial charge in [0.05, 0.1) is 5.69 Å². The Bertz CT molecular complexity index is 272. The van der Waals surface area contributed by atoms with E-state index in [1.54, 1.807) is 12.3 Å².